The number of benzene rings is 2. The molecule has 0 amide bonds. The van der Waals surface area contributed by atoms with Crippen molar-refractivity contribution in [3.8, 4) is 11.3 Å². The smallest absolute Gasteiger partial charge is 0.256 e. The third-order valence-electron chi connectivity index (χ3n) is 3.45. The highest BCUT2D eigenvalue weighted by atomic mass is 127. The molecule has 0 aliphatic carbocycles. The lowest BCUT2D eigenvalue weighted by Crippen LogP contribution is -2.09. The zero-order valence-corrected chi connectivity index (χ0v) is 13.5. The first kappa shape index (κ1) is 13.4. The predicted octanol–water partition coefficient (Wildman–Crippen LogP) is 4.42. The SMILES string of the molecule is Cc1ccc(-c2[nH]c(=O)c3cc(C)ccc3c2I)cc1. The second-order valence-corrected chi connectivity index (χ2v) is 6.14. The molecule has 0 atom stereocenters. The van der Waals surface area contributed by atoms with E-state index in [-0.39, 0.29) is 5.56 Å². The van der Waals surface area contributed by atoms with Crippen LogP contribution in [0.25, 0.3) is 22.0 Å². The van der Waals surface area contributed by atoms with Crippen LogP contribution in [0.1, 0.15) is 11.1 Å². The van der Waals surface area contributed by atoms with E-state index in [0.717, 1.165) is 31.2 Å². The van der Waals surface area contributed by atoms with Crippen molar-refractivity contribution in [3.05, 3.63) is 67.5 Å². The van der Waals surface area contributed by atoms with E-state index in [2.05, 4.69) is 46.6 Å². The molecule has 0 radical (unpaired) electrons. The van der Waals surface area contributed by atoms with E-state index < -0.39 is 0 Å². The largest absolute Gasteiger partial charge is 0.320 e. The number of rotatable bonds is 1. The Bertz CT molecular complexity index is 847. The van der Waals surface area contributed by atoms with Crippen LogP contribution in [0.3, 0.4) is 0 Å². The van der Waals surface area contributed by atoms with Crippen LogP contribution in [0, 0.1) is 17.4 Å². The highest BCUT2D eigenvalue weighted by Gasteiger charge is 2.10. The summed E-state index contributed by atoms with van der Waals surface area (Å²) in [5, 5.41) is 1.76. The quantitative estimate of drug-likeness (QED) is 0.628. The van der Waals surface area contributed by atoms with E-state index in [9.17, 15) is 4.79 Å². The first-order valence-corrected chi connectivity index (χ1v) is 7.53. The van der Waals surface area contributed by atoms with Crippen LogP contribution in [-0.2, 0) is 0 Å². The molecule has 3 rings (SSSR count). The topological polar surface area (TPSA) is 32.9 Å². The molecule has 0 unspecified atom stereocenters. The van der Waals surface area contributed by atoms with Gasteiger partial charge in [0.15, 0.2) is 0 Å². The standard InChI is InChI=1S/C17H14INO/c1-10-3-6-12(7-4-10)16-15(18)13-8-5-11(2)9-14(13)17(20)19-16/h3-9H,1-2H3,(H,19,20). The van der Waals surface area contributed by atoms with Crippen molar-refractivity contribution in [1.29, 1.82) is 0 Å². The molecule has 0 fully saturated rings. The van der Waals surface area contributed by atoms with Crippen LogP contribution >= 0.6 is 22.6 Å². The van der Waals surface area contributed by atoms with Gasteiger partial charge >= 0.3 is 0 Å². The van der Waals surface area contributed by atoms with Gasteiger partial charge in [-0.25, -0.2) is 0 Å². The van der Waals surface area contributed by atoms with Crippen LogP contribution in [0.2, 0.25) is 0 Å². The van der Waals surface area contributed by atoms with Crippen molar-refractivity contribution in [2.75, 3.05) is 0 Å². The van der Waals surface area contributed by atoms with E-state index >= 15 is 0 Å². The van der Waals surface area contributed by atoms with E-state index in [1.165, 1.54) is 5.56 Å². The number of pyridine rings is 1. The fourth-order valence-corrected chi connectivity index (χ4v) is 3.24. The zero-order valence-electron chi connectivity index (χ0n) is 11.3. The molecule has 0 bridgehead atoms. The second kappa shape index (κ2) is 5.05. The number of aryl methyl sites for hydroxylation is 2. The van der Waals surface area contributed by atoms with Gasteiger partial charge in [0.1, 0.15) is 0 Å². The molecular weight excluding hydrogens is 361 g/mol. The van der Waals surface area contributed by atoms with Crippen molar-refractivity contribution in [1.82, 2.24) is 4.98 Å². The van der Waals surface area contributed by atoms with Crippen molar-refractivity contribution in [2.45, 2.75) is 13.8 Å². The van der Waals surface area contributed by atoms with Gasteiger partial charge in [-0.05, 0) is 48.1 Å². The van der Waals surface area contributed by atoms with Crippen molar-refractivity contribution in [2.24, 2.45) is 0 Å². The van der Waals surface area contributed by atoms with Gasteiger partial charge in [0, 0.05) is 14.3 Å². The summed E-state index contributed by atoms with van der Waals surface area (Å²) in [4.78, 5) is 15.3. The lowest BCUT2D eigenvalue weighted by Gasteiger charge is -2.09. The van der Waals surface area contributed by atoms with Crippen molar-refractivity contribution in [3.63, 3.8) is 0 Å². The first-order valence-electron chi connectivity index (χ1n) is 6.45. The Labute approximate surface area is 131 Å². The lowest BCUT2D eigenvalue weighted by molar-refractivity contribution is 1.26. The van der Waals surface area contributed by atoms with Crippen LogP contribution in [0.4, 0.5) is 0 Å². The maximum absolute atomic E-state index is 12.3. The van der Waals surface area contributed by atoms with Crippen LogP contribution in [0.5, 0.6) is 0 Å². The van der Waals surface area contributed by atoms with Gasteiger partial charge in [0.2, 0.25) is 0 Å². The third kappa shape index (κ3) is 2.26. The Balaban J connectivity index is 2.33. The van der Waals surface area contributed by atoms with E-state index in [4.69, 9.17) is 0 Å². The molecule has 0 saturated carbocycles. The van der Waals surface area contributed by atoms with Crippen LogP contribution in [-0.4, -0.2) is 4.98 Å². The summed E-state index contributed by atoms with van der Waals surface area (Å²) >= 11 is 2.31. The van der Waals surface area contributed by atoms with Gasteiger partial charge in [-0.15, -0.1) is 0 Å². The predicted molar refractivity (Wildman–Crippen MR) is 92.2 cm³/mol. The molecule has 0 saturated heterocycles. The number of H-pyrrole nitrogens is 1. The molecule has 1 heterocycles. The summed E-state index contributed by atoms with van der Waals surface area (Å²) < 4.78 is 1.08. The molecule has 1 aromatic heterocycles. The van der Waals surface area contributed by atoms with Gasteiger partial charge in [0.25, 0.3) is 5.56 Å². The minimum absolute atomic E-state index is 0.0281. The van der Waals surface area contributed by atoms with E-state index in [0.29, 0.717) is 0 Å². The van der Waals surface area contributed by atoms with Crippen LogP contribution < -0.4 is 5.56 Å². The maximum atomic E-state index is 12.3. The monoisotopic (exact) mass is 375 g/mol. The van der Waals surface area contributed by atoms with E-state index in [1.54, 1.807) is 0 Å². The summed E-state index contributed by atoms with van der Waals surface area (Å²) in [5.74, 6) is 0. The Hall–Kier alpha value is -1.62. The Morgan fingerprint density at radius 3 is 2.25 bits per heavy atom. The molecule has 2 nitrogen and oxygen atoms in total. The molecule has 3 aromatic rings. The summed E-state index contributed by atoms with van der Waals surface area (Å²) in [6.45, 7) is 4.06. The Morgan fingerprint density at radius 2 is 1.55 bits per heavy atom. The molecule has 100 valence electrons. The lowest BCUT2D eigenvalue weighted by atomic mass is 10.0. The number of halogens is 1. The van der Waals surface area contributed by atoms with Crippen molar-refractivity contribution < 1.29 is 0 Å². The molecule has 0 spiro atoms. The fraction of sp³-hybridized carbons (Fsp3) is 0.118. The average molecular weight is 375 g/mol. The average Bonchev–Trinajstić information content (AvgIpc) is 2.44. The summed E-state index contributed by atoms with van der Waals surface area (Å²) in [5.41, 5.74) is 4.22. The molecule has 1 N–H and O–H groups in total. The van der Waals surface area contributed by atoms with Gasteiger partial charge in [-0.2, -0.15) is 0 Å². The molecule has 20 heavy (non-hydrogen) atoms. The number of hydrogen-bond donors (Lipinski definition) is 1. The molecule has 2 aromatic carbocycles. The van der Waals surface area contributed by atoms with Gasteiger partial charge in [-0.3, -0.25) is 4.79 Å². The van der Waals surface area contributed by atoms with E-state index in [1.807, 2.05) is 37.3 Å². The van der Waals surface area contributed by atoms with Gasteiger partial charge in [0.05, 0.1) is 5.69 Å². The normalized spacial score (nSPS) is 10.9. The zero-order chi connectivity index (χ0) is 14.3. The fourth-order valence-electron chi connectivity index (χ4n) is 2.33. The first-order chi connectivity index (χ1) is 9.56. The summed E-state index contributed by atoms with van der Waals surface area (Å²) in [6, 6.07) is 14.2. The number of aromatic amines is 1. The Morgan fingerprint density at radius 1 is 0.900 bits per heavy atom. The number of nitrogens with one attached hydrogen (secondary N) is 1. The highest BCUT2D eigenvalue weighted by Crippen LogP contribution is 2.28. The number of aromatic nitrogens is 1. The summed E-state index contributed by atoms with van der Waals surface area (Å²) in [6.07, 6.45) is 0. The van der Waals surface area contributed by atoms with Gasteiger partial charge in [-0.1, -0.05) is 47.5 Å². The van der Waals surface area contributed by atoms with Crippen LogP contribution in [0.15, 0.2) is 47.3 Å². The molecular formula is C17H14INO. The Kier molecular flexibility index (Phi) is 3.38. The maximum Gasteiger partial charge on any atom is 0.256 e. The molecule has 0 aliphatic heterocycles. The third-order valence-corrected chi connectivity index (χ3v) is 4.57. The summed E-state index contributed by atoms with van der Waals surface area (Å²) in [7, 11) is 0. The highest BCUT2D eigenvalue weighted by molar-refractivity contribution is 14.1. The molecule has 0 aliphatic rings. The molecule has 3 heteroatoms. The minimum Gasteiger partial charge on any atom is -0.320 e. The minimum atomic E-state index is -0.0281. The number of hydrogen-bond acceptors (Lipinski definition) is 1. The second-order valence-electron chi connectivity index (χ2n) is 5.06. The number of fused-ring (bicyclic) bond motifs is 1. The van der Waals surface area contributed by atoms with Gasteiger partial charge < -0.3 is 4.98 Å². The van der Waals surface area contributed by atoms with Crippen molar-refractivity contribution >= 4 is 33.4 Å².